The van der Waals surface area contributed by atoms with Gasteiger partial charge in [0.2, 0.25) is 0 Å². The molecule has 4 atom stereocenters. The SMILES string of the molecule is COc1ccc(CC2c3cc(OC)c(OC)cc3CC[N+]2(C)CCCOC(=O)C#CC(=O)OCCC[N+]2(C)CCc3cc(OC)c(OC)cc3C2Cc2ccc(OC)c(OC)c2)cc1OC. The third kappa shape index (κ3) is 11.2. The van der Waals surface area contributed by atoms with Crippen molar-refractivity contribution in [2.24, 2.45) is 0 Å². The van der Waals surface area contributed by atoms with E-state index in [0.29, 0.717) is 67.8 Å². The lowest BCUT2D eigenvalue weighted by molar-refractivity contribution is -0.941. The van der Waals surface area contributed by atoms with Gasteiger partial charge >= 0.3 is 11.9 Å². The Labute approximate surface area is 389 Å². The summed E-state index contributed by atoms with van der Waals surface area (Å²) in [6.45, 7) is 3.51. The smallest absolute Gasteiger partial charge is 0.384 e. The number of carbonyl (C=O) groups is 2. The summed E-state index contributed by atoms with van der Waals surface area (Å²) < 4.78 is 57.4. The van der Waals surface area contributed by atoms with Crippen molar-refractivity contribution in [1.82, 2.24) is 0 Å². The van der Waals surface area contributed by atoms with E-state index in [-0.39, 0.29) is 25.3 Å². The molecule has 354 valence electrons. The van der Waals surface area contributed by atoms with E-state index in [0.717, 1.165) is 63.0 Å². The van der Waals surface area contributed by atoms with E-state index >= 15 is 0 Å². The number of likely N-dealkylation sites (N-methyl/N-ethyl adjacent to an activating group) is 2. The molecule has 0 bridgehead atoms. The highest BCUT2D eigenvalue weighted by atomic mass is 16.5. The first-order valence-corrected chi connectivity index (χ1v) is 22.3. The molecule has 0 radical (unpaired) electrons. The highest BCUT2D eigenvalue weighted by molar-refractivity contribution is 5.98. The molecule has 2 heterocycles. The van der Waals surface area contributed by atoms with Gasteiger partial charge in [-0.2, -0.15) is 0 Å². The number of quaternary nitrogens is 2. The number of hydrogen-bond acceptors (Lipinski definition) is 12. The lowest BCUT2D eigenvalue weighted by Gasteiger charge is -2.46. The molecule has 0 fully saturated rings. The normalized spacial score (nSPS) is 19.4. The lowest BCUT2D eigenvalue weighted by Crippen LogP contribution is -2.52. The Morgan fingerprint density at radius 3 is 1.17 bits per heavy atom. The van der Waals surface area contributed by atoms with Crippen LogP contribution in [0.5, 0.6) is 46.0 Å². The van der Waals surface area contributed by atoms with Crippen molar-refractivity contribution < 1.29 is 65.9 Å². The van der Waals surface area contributed by atoms with E-state index in [1.165, 1.54) is 22.3 Å². The minimum absolute atomic E-state index is 0.0586. The molecule has 0 spiro atoms. The fourth-order valence-electron chi connectivity index (χ4n) is 9.68. The van der Waals surface area contributed by atoms with Crippen LogP contribution >= 0.6 is 0 Å². The summed E-state index contributed by atoms with van der Waals surface area (Å²) in [5.41, 5.74) is 7.01. The Kier molecular flexibility index (Phi) is 16.6. The zero-order valence-electron chi connectivity index (χ0n) is 40.2. The maximum Gasteiger partial charge on any atom is 0.384 e. The zero-order chi connectivity index (χ0) is 47.4. The first-order valence-electron chi connectivity index (χ1n) is 22.3. The molecule has 0 N–H and O–H groups in total. The summed E-state index contributed by atoms with van der Waals surface area (Å²) in [5.74, 6) is 8.55. The van der Waals surface area contributed by atoms with Gasteiger partial charge in [-0.1, -0.05) is 12.1 Å². The van der Waals surface area contributed by atoms with Gasteiger partial charge in [0.25, 0.3) is 0 Å². The molecular formula is C52H66N2O12+2. The summed E-state index contributed by atoms with van der Waals surface area (Å²) in [6.07, 6.45) is 4.33. The largest absolute Gasteiger partial charge is 0.493 e. The number of esters is 2. The first-order chi connectivity index (χ1) is 31.9. The molecule has 4 aromatic carbocycles. The van der Waals surface area contributed by atoms with E-state index in [1.807, 2.05) is 24.3 Å². The molecule has 4 unspecified atom stereocenters. The van der Waals surface area contributed by atoms with Gasteiger partial charge in [-0.25, -0.2) is 9.59 Å². The minimum atomic E-state index is -0.771. The van der Waals surface area contributed by atoms with E-state index < -0.39 is 11.9 Å². The van der Waals surface area contributed by atoms with E-state index in [1.54, 1.807) is 56.9 Å². The minimum Gasteiger partial charge on any atom is -0.493 e. The van der Waals surface area contributed by atoms with Crippen LogP contribution in [-0.4, -0.2) is 131 Å². The quantitative estimate of drug-likeness (QED) is 0.0301. The van der Waals surface area contributed by atoms with E-state index in [9.17, 15) is 9.59 Å². The molecule has 2 aliphatic heterocycles. The van der Waals surface area contributed by atoms with Crippen LogP contribution < -0.4 is 37.9 Å². The van der Waals surface area contributed by atoms with Gasteiger partial charge in [-0.05, 0) is 70.8 Å². The lowest BCUT2D eigenvalue weighted by atomic mass is 9.86. The molecule has 0 amide bonds. The van der Waals surface area contributed by atoms with Crippen molar-refractivity contribution in [2.45, 2.75) is 50.6 Å². The molecule has 0 saturated heterocycles. The van der Waals surface area contributed by atoms with Crippen molar-refractivity contribution in [3.8, 4) is 57.8 Å². The van der Waals surface area contributed by atoms with Gasteiger partial charge in [0.15, 0.2) is 46.0 Å². The van der Waals surface area contributed by atoms with Crippen LogP contribution in [0.15, 0.2) is 60.7 Å². The monoisotopic (exact) mass is 910 g/mol. The Balaban J connectivity index is 1.05. The summed E-state index contributed by atoms with van der Waals surface area (Å²) >= 11 is 0. The Morgan fingerprint density at radius 2 is 0.818 bits per heavy atom. The van der Waals surface area contributed by atoms with Crippen molar-refractivity contribution in [3.05, 3.63) is 94.0 Å². The van der Waals surface area contributed by atoms with E-state index in [4.69, 9.17) is 47.4 Å². The Hall–Kier alpha value is -6.30. The number of methoxy groups -OCH3 is 8. The van der Waals surface area contributed by atoms with Crippen molar-refractivity contribution in [3.63, 3.8) is 0 Å². The molecule has 6 rings (SSSR count). The summed E-state index contributed by atoms with van der Waals surface area (Å²) in [5, 5.41) is 0. The van der Waals surface area contributed by atoms with Gasteiger partial charge in [-0.3, -0.25) is 0 Å². The van der Waals surface area contributed by atoms with Crippen molar-refractivity contribution in [1.29, 1.82) is 0 Å². The van der Waals surface area contributed by atoms with Crippen LogP contribution in [0.25, 0.3) is 0 Å². The van der Waals surface area contributed by atoms with E-state index in [2.05, 4.69) is 62.3 Å². The number of nitrogens with zero attached hydrogens (tertiary/aromatic N) is 2. The standard InChI is InChI=1S/C52H66N2O12/c1-53(23-19-37-31-47(61-7)49(63-9)33-39(37)41(53)27-35-13-15-43(57-3)45(29-35)59-5)21-11-25-65-51(55)17-18-52(56)66-26-12-22-54(2)24-20-38-32-48(62-8)50(64-10)34-40(38)42(54)28-36-14-16-44(58-4)46(30-36)60-6/h13-16,29-34,41-42H,11-12,19-28H2,1-10H3/q+2. The second kappa shape index (κ2) is 22.3. The number of ether oxygens (including phenoxy) is 10. The highest BCUT2D eigenvalue weighted by Gasteiger charge is 2.41. The Bertz CT molecular complexity index is 2250. The molecular weight excluding hydrogens is 845 g/mol. The van der Waals surface area contributed by atoms with Gasteiger partial charge < -0.3 is 56.3 Å². The second-order valence-corrected chi connectivity index (χ2v) is 17.2. The van der Waals surface area contributed by atoms with Gasteiger partial charge in [0, 0.05) is 61.5 Å². The molecule has 0 saturated carbocycles. The van der Waals surface area contributed by atoms with Crippen LogP contribution in [0.3, 0.4) is 0 Å². The zero-order valence-corrected chi connectivity index (χ0v) is 40.2. The number of fused-ring (bicyclic) bond motifs is 2. The van der Waals surface area contributed by atoms with Gasteiger partial charge in [0.1, 0.15) is 12.1 Å². The number of rotatable bonds is 20. The summed E-state index contributed by atoms with van der Waals surface area (Å²) in [6, 6.07) is 20.5. The average molecular weight is 911 g/mol. The molecule has 66 heavy (non-hydrogen) atoms. The van der Waals surface area contributed by atoms with Crippen LogP contribution in [0, 0.1) is 11.8 Å². The number of hydrogen-bond donors (Lipinski definition) is 0. The fourth-order valence-corrected chi connectivity index (χ4v) is 9.68. The molecule has 0 aromatic heterocycles. The average Bonchev–Trinajstić information content (AvgIpc) is 3.34. The van der Waals surface area contributed by atoms with Crippen LogP contribution in [0.4, 0.5) is 0 Å². The summed E-state index contributed by atoms with van der Waals surface area (Å²) in [7, 11) is 17.6. The third-order valence-electron chi connectivity index (χ3n) is 13.4. The fraction of sp³-hybridized carbons (Fsp3) is 0.462. The number of benzene rings is 4. The second-order valence-electron chi connectivity index (χ2n) is 17.2. The van der Waals surface area contributed by atoms with Crippen LogP contribution in [0.2, 0.25) is 0 Å². The van der Waals surface area contributed by atoms with Crippen molar-refractivity contribution >= 4 is 11.9 Å². The topological polar surface area (TPSA) is 126 Å². The third-order valence-corrected chi connectivity index (χ3v) is 13.4. The molecule has 14 heteroatoms. The highest BCUT2D eigenvalue weighted by Crippen LogP contribution is 2.45. The molecule has 0 aliphatic carbocycles. The molecule has 4 aromatic rings. The van der Waals surface area contributed by atoms with Gasteiger partial charge in [-0.15, -0.1) is 0 Å². The maximum absolute atomic E-state index is 12.7. The molecule has 2 aliphatic rings. The maximum atomic E-state index is 12.7. The van der Waals surface area contributed by atoms with Crippen LogP contribution in [0.1, 0.15) is 58.3 Å². The van der Waals surface area contributed by atoms with Crippen LogP contribution in [-0.2, 0) is 44.7 Å². The first kappa shape index (κ1) is 49.1. The van der Waals surface area contributed by atoms with Gasteiger partial charge in [0.05, 0.1) is 110 Å². The number of carbonyl (C=O) groups excluding carboxylic acids is 2. The predicted octanol–water partition coefficient (Wildman–Crippen LogP) is 6.90. The predicted molar refractivity (Wildman–Crippen MR) is 249 cm³/mol. The summed E-state index contributed by atoms with van der Waals surface area (Å²) in [4.78, 5) is 25.5. The Morgan fingerprint density at radius 1 is 0.485 bits per heavy atom. The van der Waals surface area contributed by atoms with Crippen molar-refractivity contribution in [2.75, 3.05) is 110 Å². The molecule has 14 nitrogen and oxygen atoms in total.